The van der Waals surface area contributed by atoms with E-state index in [9.17, 15) is 10.1 Å². The smallest absolute Gasteiger partial charge is 0.287 e. The molecule has 0 amide bonds. The monoisotopic (exact) mass is 247 g/mol. The molecule has 5 heteroatoms. The van der Waals surface area contributed by atoms with Gasteiger partial charge >= 0.3 is 0 Å². The summed E-state index contributed by atoms with van der Waals surface area (Å²) in [6, 6.07) is 1.55. The van der Waals surface area contributed by atoms with E-state index < -0.39 is 4.92 Å². The molecule has 5 nitrogen and oxygen atoms in total. The molecule has 1 aromatic rings. The number of nitro groups is 1. The SMILES string of the molecule is Cc1cc([N+](=O)[O-])cnc1NCCC1=CCCC1. The fourth-order valence-corrected chi connectivity index (χ4v) is 2.15. The standard InChI is InChI=1S/C13H17N3O2/c1-10-8-12(16(17)18)9-15-13(10)14-7-6-11-4-2-3-5-11/h4,8-9H,2-3,5-7H2,1H3,(H,14,15). The van der Waals surface area contributed by atoms with Crippen molar-refractivity contribution in [2.45, 2.75) is 32.6 Å². The molecule has 2 rings (SSSR count). The van der Waals surface area contributed by atoms with Crippen LogP contribution in [0.2, 0.25) is 0 Å². The Labute approximate surface area is 106 Å². The third kappa shape index (κ3) is 3.06. The fourth-order valence-electron chi connectivity index (χ4n) is 2.15. The van der Waals surface area contributed by atoms with Crippen LogP contribution in [0.15, 0.2) is 23.9 Å². The Morgan fingerprint density at radius 2 is 2.39 bits per heavy atom. The van der Waals surface area contributed by atoms with Gasteiger partial charge < -0.3 is 5.32 Å². The number of hydrogen-bond donors (Lipinski definition) is 1. The molecule has 0 aliphatic heterocycles. The number of nitrogens with zero attached hydrogens (tertiary/aromatic N) is 2. The Morgan fingerprint density at radius 1 is 1.56 bits per heavy atom. The summed E-state index contributed by atoms with van der Waals surface area (Å²) in [7, 11) is 0. The lowest BCUT2D eigenvalue weighted by molar-refractivity contribution is -0.385. The molecule has 96 valence electrons. The van der Waals surface area contributed by atoms with E-state index in [4.69, 9.17) is 0 Å². The van der Waals surface area contributed by atoms with Gasteiger partial charge in [-0.1, -0.05) is 11.6 Å². The number of anilines is 1. The molecule has 1 heterocycles. The molecular formula is C13H17N3O2. The number of pyridine rings is 1. The second kappa shape index (κ2) is 5.62. The summed E-state index contributed by atoms with van der Waals surface area (Å²) in [5.74, 6) is 0.735. The minimum Gasteiger partial charge on any atom is -0.370 e. The number of hydrogen-bond acceptors (Lipinski definition) is 4. The van der Waals surface area contributed by atoms with Crippen LogP contribution in [0.4, 0.5) is 11.5 Å². The molecule has 0 spiro atoms. The number of aryl methyl sites for hydroxylation is 1. The van der Waals surface area contributed by atoms with Gasteiger partial charge in [-0.25, -0.2) is 4.98 Å². The second-order valence-electron chi connectivity index (χ2n) is 4.55. The van der Waals surface area contributed by atoms with E-state index in [1.54, 1.807) is 6.07 Å². The maximum atomic E-state index is 10.6. The Balaban J connectivity index is 1.91. The summed E-state index contributed by atoms with van der Waals surface area (Å²) in [5.41, 5.74) is 2.35. The lowest BCUT2D eigenvalue weighted by Gasteiger charge is -2.08. The molecule has 0 saturated carbocycles. The van der Waals surface area contributed by atoms with Crippen LogP contribution >= 0.6 is 0 Å². The van der Waals surface area contributed by atoms with Gasteiger partial charge in [0.05, 0.1) is 4.92 Å². The highest BCUT2D eigenvalue weighted by Crippen LogP contribution is 2.21. The molecule has 0 radical (unpaired) electrons. The fraction of sp³-hybridized carbons (Fsp3) is 0.462. The zero-order valence-electron chi connectivity index (χ0n) is 10.5. The molecule has 0 unspecified atom stereocenters. The average Bonchev–Trinajstić information content (AvgIpc) is 2.84. The van der Waals surface area contributed by atoms with E-state index >= 15 is 0 Å². The zero-order valence-corrected chi connectivity index (χ0v) is 10.5. The minimum absolute atomic E-state index is 0.0385. The second-order valence-corrected chi connectivity index (χ2v) is 4.55. The molecule has 0 bridgehead atoms. The Bertz CT molecular complexity index is 483. The first-order valence-corrected chi connectivity index (χ1v) is 6.19. The predicted octanol–water partition coefficient (Wildman–Crippen LogP) is 3.21. The zero-order chi connectivity index (χ0) is 13.0. The van der Waals surface area contributed by atoms with Gasteiger partial charge in [0.25, 0.3) is 5.69 Å². The third-order valence-corrected chi connectivity index (χ3v) is 3.15. The first-order chi connectivity index (χ1) is 8.66. The maximum Gasteiger partial charge on any atom is 0.287 e. The van der Waals surface area contributed by atoms with Crippen molar-refractivity contribution in [2.24, 2.45) is 0 Å². The van der Waals surface area contributed by atoms with Crippen LogP contribution in [-0.4, -0.2) is 16.5 Å². The van der Waals surface area contributed by atoms with Crippen LogP contribution in [0.1, 0.15) is 31.2 Å². The highest BCUT2D eigenvalue weighted by atomic mass is 16.6. The van der Waals surface area contributed by atoms with Crippen LogP contribution in [0.3, 0.4) is 0 Å². The third-order valence-electron chi connectivity index (χ3n) is 3.15. The normalized spacial score (nSPS) is 14.4. The molecule has 0 aromatic carbocycles. The predicted molar refractivity (Wildman–Crippen MR) is 70.7 cm³/mol. The number of aromatic nitrogens is 1. The topological polar surface area (TPSA) is 68.1 Å². The van der Waals surface area contributed by atoms with Crippen LogP contribution in [-0.2, 0) is 0 Å². The summed E-state index contributed by atoms with van der Waals surface area (Å²) < 4.78 is 0. The van der Waals surface area contributed by atoms with Crippen molar-refractivity contribution in [1.82, 2.24) is 4.98 Å². The van der Waals surface area contributed by atoms with Gasteiger partial charge in [-0.05, 0) is 38.2 Å². The summed E-state index contributed by atoms with van der Waals surface area (Å²) >= 11 is 0. The molecular weight excluding hydrogens is 230 g/mol. The maximum absolute atomic E-state index is 10.6. The van der Waals surface area contributed by atoms with E-state index in [0.29, 0.717) is 0 Å². The Morgan fingerprint density at radius 3 is 3.00 bits per heavy atom. The van der Waals surface area contributed by atoms with Crippen LogP contribution in [0.5, 0.6) is 0 Å². The van der Waals surface area contributed by atoms with E-state index in [0.717, 1.165) is 24.3 Å². The van der Waals surface area contributed by atoms with Crippen molar-refractivity contribution in [3.63, 3.8) is 0 Å². The summed E-state index contributed by atoms with van der Waals surface area (Å²) in [4.78, 5) is 14.3. The molecule has 18 heavy (non-hydrogen) atoms. The largest absolute Gasteiger partial charge is 0.370 e. The molecule has 1 aliphatic carbocycles. The first kappa shape index (κ1) is 12.5. The van der Waals surface area contributed by atoms with Crippen LogP contribution in [0, 0.1) is 17.0 Å². The summed E-state index contributed by atoms with van der Waals surface area (Å²) in [6.07, 6.45) is 8.29. The molecule has 0 fully saturated rings. The lowest BCUT2D eigenvalue weighted by atomic mass is 10.1. The van der Waals surface area contributed by atoms with E-state index in [2.05, 4.69) is 16.4 Å². The Hall–Kier alpha value is -1.91. The van der Waals surface area contributed by atoms with Crippen molar-refractivity contribution < 1.29 is 4.92 Å². The number of nitrogens with one attached hydrogen (secondary N) is 1. The quantitative estimate of drug-likeness (QED) is 0.493. The molecule has 0 atom stereocenters. The first-order valence-electron chi connectivity index (χ1n) is 6.19. The highest BCUT2D eigenvalue weighted by molar-refractivity contribution is 5.48. The number of rotatable bonds is 5. The van der Waals surface area contributed by atoms with Gasteiger partial charge in [0, 0.05) is 12.6 Å². The number of allylic oxidation sites excluding steroid dienone is 1. The molecule has 1 N–H and O–H groups in total. The molecule has 0 saturated heterocycles. The van der Waals surface area contributed by atoms with Gasteiger partial charge in [-0.15, -0.1) is 0 Å². The van der Waals surface area contributed by atoms with Crippen LogP contribution in [0.25, 0.3) is 0 Å². The van der Waals surface area contributed by atoms with E-state index in [1.165, 1.54) is 31.0 Å². The Kier molecular flexibility index (Phi) is 3.92. The summed E-state index contributed by atoms with van der Waals surface area (Å²) in [5, 5.41) is 13.8. The van der Waals surface area contributed by atoms with Crippen molar-refractivity contribution in [3.05, 3.63) is 39.6 Å². The van der Waals surface area contributed by atoms with Crippen LogP contribution < -0.4 is 5.32 Å². The van der Waals surface area contributed by atoms with Gasteiger partial charge in [0.15, 0.2) is 0 Å². The van der Waals surface area contributed by atoms with Crippen molar-refractivity contribution in [3.8, 4) is 0 Å². The average molecular weight is 247 g/mol. The molecule has 1 aromatic heterocycles. The van der Waals surface area contributed by atoms with E-state index in [1.807, 2.05) is 6.92 Å². The lowest BCUT2D eigenvalue weighted by Crippen LogP contribution is -2.06. The van der Waals surface area contributed by atoms with Gasteiger partial charge in [0.2, 0.25) is 0 Å². The van der Waals surface area contributed by atoms with Gasteiger partial charge in [-0.3, -0.25) is 10.1 Å². The molecule has 1 aliphatic rings. The minimum atomic E-state index is -0.423. The van der Waals surface area contributed by atoms with E-state index in [-0.39, 0.29) is 5.69 Å². The highest BCUT2D eigenvalue weighted by Gasteiger charge is 2.09. The van der Waals surface area contributed by atoms with Gasteiger partial charge in [0.1, 0.15) is 12.0 Å². The van der Waals surface area contributed by atoms with Crippen molar-refractivity contribution in [2.75, 3.05) is 11.9 Å². The van der Waals surface area contributed by atoms with Crippen molar-refractivity contribution >= 4 is 11.5 Å². The van der Waals surface area contributed by atoms with Gasteiger partial charge in [-0.2, -0.15) is 0 Å². The summed E-state index contributed by atoms with van der Waals surface area (Å²) in [6.45, 7) is 2.66. The van der Waals surface area contributed by atoms with Crippen molar-refractivity contribution in [1.29, 1.82) is 0 Å².